The van der Waals surface area contributed by atoms with E-state index in [0.717, 1.165) is 0 Å². The summed E-state index contributed by atoms with van der Waals surface area (Å²) in [5.41, 5.74) is 0.717. The van der Waals surface area contributed by atoms with Crippen molar-refractivity contribution < 1.29 is 22.8 Å². The summed E-state index contributed by atoms with van der Waals surface area (Å²) in [5, 5.41) is 4.36. The first-order valence-corrected chi connectivity index (χ1v) is 6.52. The van der Waals surface area contributed by atoms with Crippen molar-refractivity contribution in [2.24, 2.45) is 0 Å². The van der Waals surface area contributed by atoms with Crippen molar-refractivity contribution in [2.75, 3.05) is 5.32 Å². The van der Waals surface area contributed by atoms with E-state index in [9.17, 15) is 22.8 Å². The summed E-state index contributed by atoms with van der Waals surface area (Å²) in [4.78, 5) is 26.7. The zero-order chi connectivity index (χ0) is 16.9. The molecule has 2 rings (SSSR count). The number of hydrogen-bond acceptors (Lipinski definition) is 3. The van der Waals surface area contributed by atoms with Crippen LogP contribution in [0.4, 0.5) is 18.9 Å². The first-order valence-electron chi connectivity index (χ1n) is 6.52. The van der Waals surface area contributed by atoms with Crippen LogP contribution in [0.15, 0.2) is 48.8 Å². The predicted molar refractivity (Wildman–Crippen MR) is 76.5 cm³/mol. The van der Waals surface area contributed by atoms with Crippen molar-refractivity contribution in [3.05, 3.63) is 59.9 Å². The molecule has 2 aromatic rings. The molecule has 0 fully saturated rings. The van der Waals surface area contributed by atoms with Crippen LogP contribution in [0.3, 0.4) is 0 Å². The monoisotopic (exact) mass is 323 g/mol. The molecule has 0 atom stereocenters. The molecule has 0 unspecified atom stereocenters. The van der Waals surface area contributed by atoms with E-state index in [1.54, 1.807) is 11.4 Å². The lowest BCUT2D eigenvalue weighted by Crippen LogP contribution is -2.31. The van der Waals surface area contributed by atoms with E-state index in [1.807, 2.05) is 0 Å². The zero-order valence-electron chi connectivity index (χ0n) is 11.7. The highest BCUT2D eigenvalue weighted by Crippen LogP contribution is 2.21. The van der Waals surface area contributed by atoms with Crippen molar-refractivity contribution in [3.8, 4) is 0 Å². The summed E-state index contributed by atoms with van der Waals surface area (Å²) in [7, 11) is 0. The van der Waals surface area contributed by atoms with Gasteiger partial charge < -0.3 is 10.6 Å². The second kappa shape index (κ2) is 6.91. The van der Waals surface area contributed by atoms with Crippen LogP contribution in [-0.4, -0.2) is 23.0 Å². The Kier molecular flexibility index (Phi) is 4.95. The van der Waals surface area contributed by atoms with Crippen molar-refractivity contribution in [3.63, 3.8) is 0 Å². The summed E-state index contributed by atoms with van der Waals surface area (Å²) in [5.74, 6) is -2.46. The topological polar surface area (TPSA) is 71.1 Å². The van der Waals surface area contributed by atoms with E-state index >= 15 is 0 Å². The average molecular weight is 323 g/mol. The molecule has 0 radical (unpaired) electrons. The number of benzene rings is 1. The van der Waals surface area contributed by atoms with Crippen LogP contribution in [0.1, 0.15) is 15.9 Å². The van der Waals surface area contributed by atoms with Gasteiger partial charge in [-0.2, -0.15) is 13.2 Å². The number of para-hydroxylation sites is 1. The molecule has 0 bridgehead atoms. The van der Waals surface area contributed by atoms with Crippen molar-refractivity contribution in [1.29, 1.82) is 0 Å². The molecule has 2 N–H and O–H groups in total. The molecule has 8 heteroatoms. The molecule has 0 spiro atoms. The standard InChI is InChI=1S/C15H12F3N3O2/c16-15(17,18)14(23)21-12-4-2-1-3-11(12)9-20-13(22)10-5-7-19-8-6-10/h1-8H,9H2,(H,20,22)(H,21,23). The third-order valence-corrected chi connectivity index (χ3v) is 2.90. The van der Waals surface area contributed by atoms with Crippen LogP contribution in [0.25, 0.3) is 0 Å². The van der Waals surface area contributed by atoms with Gasteiger partial charge in [-0.1, -0.05) is 18.2 Å². The highest BCUT2D eigenvalue weighted by molar-refractivity contribution is 5.96. The van der Waals surface area contributed by atoms with Gasteiger partial charge in [-0.25, -0.2) is 0 Å². The van der Waals surface area contributed by atoms with Gasteiger partial charge in [0.15, 0.2) is 0 Å². The van der Waals surface area contributed by atoms with Crippen molar-refractivity contribution >= 4 is 17.5 Å². The fourth-order valence-corrected chi connectivity index (χ4v) is 1.77. The lowest BCUT2D eigenvalue weighted by Gasteiger charge is -2.13. The Bertz CT molecular complexity index is 703. The molecule has 2 amide bonds. The lowest BCUT2D eigenvalue weighted by atomic mass is 10.1. The Morgan fingerprint density at radius 2 is 1.70 bits per heavy atom. The van der Waals surface area contributed by atoms with Crippen molar-refractivity contribution in [1.82, 2.24) is 10.3 Å². The van der Waals surface area contributed by atoms with E-state index in [1.165, 1.54) is 42.7 Å². The molecule has 120 valence electrons. The number of halogens is 3. The molecular formula is C15H12F3N3O2. The minimum Gasteiger partial charge on any atom is -0.348 e. The van der Waals surface area contributed by atoms with E-state index in [-0.39, 0.29) is 12.2 Å². The number of anilines is 1. The third kappa shape index (κ3) is 4.53. The zero-order valence-corrected chi connectivity index (χ0v) is 11.7. The third-order valence-electron chi connectivity index (χ3n) is 2.90. The Morgan fingerprint density at radius 1 is 1.04 bits per heavy atom. The molecule has 1 aromatic carbocycles. The summed E-state index contributed by atoms with van der Waals surface area (Å²) in [6.07, 6.45) is -2.08. The maximum Gasteiger partial charge on any atom is 0.471 e. The van der Waals surface area contributed by atoms with Crippen LogP contribution >= 0.6 is 0 Å². The summed E-state index contributed by atoms with van der Waals surface area (Å²) < 4.78 is 36.9. The normalized spacial score (nSPS) is 10.9. The number of hydrogen-bond donors (Lipinski definition) is 2. The number of nitrogens with one attached hydrogen (secondary N) is 2. The van der Waals surface area contributed by atoms with Crippen LogP contribution < -0.4 is 10.6 Å². The Balaban J connectivity index is 2.06. The number of aromatic nitrogens is 1. The minimum absolute atomic E-state index is 0.00940. The Labute approximate surface area is 129 Å². The summed E-state index contributed by atoms with van der Waals surface area (Å²) in [6.45, 7) is -0.0323. The van der Waals surface area contributed by atoms with Gasteiger partial charge in [0.05, 0.1) is 0 Å². The van der Waals surface area contributed by atoms with Crippen LogP contribution in [0.2, 0.25) is 0 Å². The summed E-state index contributed by atoms with van der Waals surface area (Å²) >= 11 is 0. The van der Waals surface area contributed by atoms with E-state index in [0.29, 0.717) is 11.1 Å². The highest BCUT2D eigenvalue weighted by Gasteiger charge is 2.38. The first-order chi connectivity index (χ1) is 10.9. The number of amides is 2. The molecule has 0 aliphatic heterocycles. The van der Waals surface area contributed by atoms with E-state index < -0.39 is 18.0 Å². The quantitative estimate of drug-likeness (QED) is 0.908. The summed E-state index contributed by atoms with van der Waals surface area (Å²) in [6, 6.07) is 8.94. The maximum absolute atomic E-state index is 12.3. The highest BCUT2D eigenvalue weighted by atomic mass is 19.4. The molecule has 1 aromatic heterocycles. The predicted octanol–water partition coefficient (Wildman–Crippen LogP) is 2.51. The smallest absolute Gasteiger partial charge is 0.348 e. The minimum atomic E-state index is -4.98. The molecule has 5 nitrogen and oxygen atoms in total. The van der Waals surface area contributed by atoms with Gasteiger partial charge in [0, 0.05) is 30.2 Å². The van der Waals surface area contributed by atoms with Gasteiger partial charge in [0.1, 0.15) is 0 Å². The van der Waals surface area contributed by atoms with Crippen molar-refractivity contribution in [2.45, 2.75) is 12.7 Å². The Morgan fingerprint density at radius 3 is 2.35 bits per heavy atom. The fourth-order valence-electron chi connectivity index (χ4n) is 1.77. The number of nitrogens with zero attached hydrogens (tertiary/aromatic N) is 1. The average Bonchev–Trinajstić information content (AvgIpc) is 2.53. The van der Waals surface area contributed by atoms with Crippen LogP contribution in [-0.2, 0) is 11.3 Å². The molecule has 0 saturated heterocycles. The lowest BCUT2D eigenvalue weighted by molar-refractivity contribution is -0.167. The maximum atomic E-state index is 12.3. The molecular weight excluding hydrogens is 311 g/mol. The van der Waals surface area contributed by atoms with Gasteiger partial charge in [-0.3, -0.25) is 14.6 Å². The number of carbonyl (C=O) groups excluding carboxylic acids is 2. The second-order valence-electron chi connectivity index (χ2n) is 4.53. The second-order valence-corrected chi connectivity index (χ2v) is 4.53. The van der Waals surface area contributed by atoms with Gasteiger partial charge >= 0.3 is 12.1 Å². The van der Waals surface area contributed by atoms with Crippen LogP contribution in [0, 0.1) is 0 Å². The van der Waals surface area contributed by atoms with E-state index in [2.05, 4.69) is 10.3 Å². The van der Waals surface area contributed by atoms with Gasteiger partial charge in [-0.15, -0.1) is 0 Å². The van der Waals surface area contributed by atoms with E-state index in [4.69, 9.17) is 0 Å². The fraction of sp³-hybridized carbons (Fsp3) is 0.133. The Hall–Kier alpha value is -2.90. The van der Waals surface area contributed by atoms with Gasteiger partial charge in [0.2, 0.25) is 0 Å². The number of alkyl halides is 3. The SMILES string of the molecule is O=C(NCc1ccccc1NC(=O)C(F)(F)F)c1ccncc1. The molecule has 1 heterocycles. The number of carbonyl (C=O) groups is 2. The molecule has 23 heavy (non-hydrogen) atoms. The first kappa shape index (κ1) is 16.5. The largest absolute Gasteiger partial charge is 0.471 e. The van der Waals surface area contributed by atoms with Gasteiger partial charge in [0.25, 0.3) is 5.91 Å². The van der Waals surface area contributed by atoms with Crippen LogP contribution in [0.5, 0.6) is 0 Å². The van der Waals surface area contributed by atoms with Gasteiger partial charge in [-0.05, 0) is 23.8 Å². The number of rotatable bonds is 4. The molecule has 0 aliphatic carbocycles. The molecule has 0 saturated carbocycles. The number of pyridine rings is 1. The molecule has 0 aliphatic rings.